The molecule has 1 atom stereocenters. The molecule has 1 saturated carbocycles. The average Bonchev–Trinajstić information content (AvgIpc) is 3.02. The van der Waals surface area contributed by atoms with Crippen molar-refractivity contribution in [1.29, 1.82) is 0 Å². The van der Waals surface area contributed by atoms with E-state index in [0.29, 0.717) is 12.5 Å². The molecule has 0 bridgehead atoms. The van der Waals surface area contributed by atoms with Gasteiger partial charge in [-0.2, -0.15) is 0 Å². The molecule has 20 heavy (non-hydrogen) atoms. The van der Waals surface area contributed by atoms with Crippen molar-refractivity contribution in [2.45, 2.75) is 20.3 Å². The summed E-state index contributed by atoms with van der Waals surface area (Å²) in [6, 6.07) is 4.28. The Labute approximate surface area is 116 Å². The molecule has 0 saturated heterocycles. The summed E-state index contributed by atoms with van der Waals surface area (Å²) in [5.41, 5.74) is 2.51. The number of para-hydroxylation sites is 1. The summed E-state index contributed by atoms with van der Waals surface area (Å²) >= 11 is 0. The van der Waals surface area contributed by atoms with E-state index in [1.54, 1.807) is 0 Å². The monoisotopic (exact) mass is 278 g/mol. The van der Waals surface area contributed by atoms with Crippen LogP contribution in [0.3, 0.4) is 0 Å². The third kappa shape index (κ3) is 2.72. The number of rotatable bonds is 5. The maximum Gasteiger partial charge on any atom is 0.294 e. The fraction of sp³-hybridized carbons (Fsp3) is 0.462. The van der Waals surface area contributed by atoms with Crippen LogP contribution >= 0.6 is 0 Å². The molecule has 7 nitrogen and oxygen atoms in total. The van der Waals surface area contributed by atoms with E-state index in [1.165, 1.54) is 18.2 Å². The van der Waals surface area contributed by atoms with Crippen molar-refractivity contribution < 1.29 is 9.72 Å². The van der Waals surface area contributed by atoms with Crippen LogP contribution in [0.5, 0.6) is 0 Å². The summed E-state index contributed by atoms with van der Waals surface area (Å²) < 4.78 is 0. The number of nitrogens with one attached hydrogen (secondary N) is 2. The number of carbonyl (C=O) groups excluding carboxylic acids is 1. The zero-order chi connectivity index (χ0) is 14.9. The van der Waals surface area contributed by atoms with Crippen LogP contribution in [0.25, 0.3) is 0 Å². The van der Waals surface area contributed by atoms with Crippen LogP contribution < -0.4 is 16.6 Å². The number of nitrogens with two attached hydrogens (primary N) is 1. The third-order valence-corrected chi connectivity index (χ3v) is 3.85. The Morgan fingerprint density at radius 2 is 2.20 bits per heavy atom. The van der Waals surface area contributed by atoms with E-state index in [4.69, 9.17) is 5.84 Å². The van der Waals surface area contributed by atoms with Crippen LogP contribution in [0.2, 0.25) is 0 Å². The van der Waals surface area contributed by atoms with E-state index in [0.717, 1.165) is 6.42 Å². The first-order valence-corrected chi connectivity index (χ1v) is 6.39. The molecule has 0 aliphatic heterocycles. The van der Waals surface area contributed by atoms with Gasteiger partial charge in [0.05, 0.1) is 10.5 Å². The van der Waals surface area contributed by atoms with Crippen LogP contribution in [0.15, 0.2) is 18.2 Å². The van der Waals surface area contributed by atoms with E-state index < -0.39 is 4.92 Å². The Hall–Kier alpha value is -2.15. The second kappa shape index (κ2) is 5.09. The Morgan fingerprint density at radius 3 is 2.70 bits per heavy atom. The number of hydrogen-bond donors (Lipinski definition) is 3. The first-order chi connectivity index (χ1) is 9.36. The first-order valence-electron chi connectivity index (χ1n) is 6.39. The largest absolute Gasteiger partial charge is 0.352 e. The van der Waals surface area contributed by atoms with Crippen molar-refractivity contribution in [2.75, 3.05) is 12.0 Å². The molecule has 0 radical (unpaired) electrons. The summed E-state index contributed by atoms with van der Waals surface area (Å²) in [5.74, 6) is 5.40. The molecular formula is C13H18N4O3. The van der Waals surface area contributed by atoms with Gasteiger partial charge < -0.3 is 10.7 Å². The molecule has 0 aromatic heterocycles. The summed E-state index contributed by atoms with van der Waals surface area (Å²) in [6.45, 7) is 4.85. The molecule has 1 unspecified atom stereocenters. The molecule has 1 fully saturated rings. The molecule has 0 heterocycles. The van der Waals surface area contributed by atoms with Crippen molar-refractivity contribution in [2.24, 2.45) is 17.2 Å². The first kappa shape index (κ1) is 14.3. The quantitative estimate of drug-likeness (QED) is 0.431. The smallest absolute Gasteiger partial charge is 0.294 e. The van der Waals surface area contributed by atoms with Crippen LogP contribution in [-0.4, -0.2) is 17.4 Å². The maximum absolute atomic E-state index is 12.1. The molecular weight excluding hydrogens is 260 g/mol. The standard InChI is InChI=1S/C13H18N4O3/c1-13(2)6-8(13)7-15-12(18)9-4-3-5-10(17(19)20)11(9)16-14/h3-5,8,16H,6-7,14H2,1-2H3,(H,15,18). The molecule has 1 aromatic rings. The molecule has 0 spiro atoms. The van der Waals surface area contributed by atoms with Crippen molar-refractivity contribution in [1.82, 2.24) is 5.32 Å². The lowest BCUT2D eigenvalue weighted by atomic mass is 10.1. The average molecular weight is 278 g/mol. The van der Waals surface area contributed by atoms with Gasteiger partial charge in [0.25, 0.3) is 11.6 Å². The molecule has 4 N–H and O–H groups in total. The summed E-state index contributed by atoms with van der Waals surface area (Å²) in [6.07, 6.45) is 1.07. The van der Waals surface area contributed by atoms with Crippen LogP contribution in [0, 0.1) is 21.4 Å². The van der Waals surface area contributed by atoms with E-state index in [1.807, 2.05) is 0 Å². The zero-order valence-corrected chi connectivity index (χ0v) is 11.5. The molecule has 1 aliphatic carbocycles. The normalized spacial score (nSPS) is 19.2. The highest BCUT2D eigenvalue weighted by Gasteiger charge is 2.45. The third-order valence-electron chi connectivity index (χ3n) is 3.85. The van der Waals surface area contributed by atoms with E-state index in [9.17, 15) is 14.9 Å². The van der Waals surface area contributed by atoms with Gasteiger partial charge >= 0.3 is 0 Å². The summed E-state index contributed by atoms with van der Waals surface area (Å²) in [4.78, 5) is 22.4. The summed E-state index contributed by atoms with van der Waals surface area (Å²) in [5, 5.41) is 13.7. The van der Waals surface area contributed by atoms with Gasteiger partial charge in [0, 0.05) is 12.6 Å². The number of amides is 1. The van der Waals surface area contributed by atoms with E-state index in [-0.39, 0.29) is 28.3 Å². The number of benzene rings is 1. The number of nitro benzene ring substituents is 1. The molecule has 1 aromatic carbocycles. The highest BCUT2D eigenvalue weighted by Crippen LogP contribution is 2.51. The minimum atomic E-state index is -0.573. The molecule has 7 heteroatoms. The highest BCUT2D eigenvalue weighted by atomic mass is 16.6. The SMILES string of the molecule is CC1(C)CC1CNC(=O)c1cccc([N+](=O)[O-])c1NN. The van der Waals surface area contributed by atoms with E-state index >= 15 is 0 Å². The number of anilines is 1. The van der Waals surface area contributed by atoms with E-state index in [2.05, 4.69) is 24.6 Å². The predicted molar refractivity (Wildman–Crippen MR) is 75.1 cm³/mol. The Morgan fingerprint density at radius 1 is 1.55 bits per heavy atom. The van der Waals surface area contributed by atoms with Gasteiger partial charge in [0.1, 0.15) is 5.69 Å². The molecule has 1 amide bonds. The highest BCUT2D eigenvalue weighted by molar-refractivity contribution is 6.01. The second-order valence-corrected chi connectivity index (χ2v) is 5.70. The minimum Gasteiger partial charge on any atom is -0.352 e. The number of nitrogen functional groups attached to an aromatic ring is 1. The lowest BCUT2D eigenvalue weighted by Crippen LogP contribution is -2.28. The second-order valence-electron chi connectivity index (χ2n) is 5.70. The van der Waals surface area contributed by atoms with Gasteiger partial charge in [-0.25, -0.2) is 0 Å². The van der Waals surface area contributed by atoms with Crippen LogP contribution in [0.1, 0.15) is 30.6 Å². The van der Waals surface area contributed by atoms with Crippen molar-refractivity contribution >= 4 is 17.3 Å². The fourth-order valence-corrected chi connectivity index (χ4v) is 2.27. The molecule has 108 valence electrons. The Bertz CT molecular complexity index is 557. The van der Waals surface area contributed by atoms with Crippen LogP contribution in [0.4, 0.5) is 11.4 Å². The van der Waals surface area contributed by atoms with Crippen LogP contribution in [-0.2, 0) is 0 Å². The summed E-state index contributed by atoms with van der Waals surface area (Å²) in [7, 11) is 0. The molecule has 2 rings (SSSR count). The number of carbonyl (C=O) groups is 1. The van der Waals surface area contributed by atoms with Gasteiger partial charge in [-0.1, -0.05) is 19.9 Å². The topological polar surface area (TPSA) is 110 Å². The molecule has 1 aliphatic rings. The lowest BCUT2D eigenvalue weighted by molar-refractivity contribution is -0.384. The van der Waals surface area contributed by atoms with Crippen molar-refractivity contribution in [3.63, 3.8) is 0 Å². The van der Waals surface area contributed by atoms with Gasteiger partial charge in [0.15, 0.2) is 0 Å². The van der Waals surface area contributed by atoms with Gasteiger partial charge in [-0.3, -0.25) is 20.8 Å². The number of nitrogens with zero attached hydrogens (tertiary/aromatic N) is 1. The minimum absolute atomic E-state index is 0.0325. The predicted octanol–water partition coefficient (Wildman–Crippen LogP) is 1.66. The number of nitro groups is 1. The number of hydrogen-bond acceptors (Lipinski definition) is 5. The fourth-order valence-electron chi connectivity index (χ4n) is 2.27. The van der Waals surface area contributed by atoms with Crippen molar-refractivity contribution in [3.05, 3.63) is 33.9 Å². The van der Waals surface area contributed by atoms with Gasteiger partial charge in [-0.15, -0.1) is 0 Å². The van der Waals surface area contributed by atoms with Crippen molar-refractivity contribution in [3.8, 4) is 0 Å². The Kier molecular flexibility index (Phi) is 3.63. The van der Waals surface area contributed by atoms with Gasteiger partial charge in [-0.05, 0) is 23.8 Å². The zero-order valence-electron chi connectivity index (χ0n) is 11.5. The Balaban J connectivity index is 2.13. The maximum atomic E-state index is 12.1. The lowest BCUT2D eigenvalue weighted by Gasteiger charge is -2.10. The van der Waals surface area contributed by atoms with Gasteiger partial charge in [0.2, 0.25) is 0 Å². The number of hydrazine groups is 1.